The highest BCUT2D eigenvalue weighted by atomic mass is 32.1. The Morgan fingerprint density at radius 3 is 2.82 bits per heavy atom. The molecule has 7 nitrogen and oxygen atoms in total. The molecule has 8 heteroatoms. The van der Waals surface area contributed by atoms with Crippen molar-refractivity contribution in [3.63, 3.8) is 0 Å². The summed E-state index contributed by atoms with van der Waals surface area (Å²) in [4.78, 5) is 23.3. The van der Waals surface area contributed by atoms with Gasteiger partial charge in [-0.1, -0.05) is 18.2 Å². The standard InChI is InChI=1S/C20H20N2O5S/c23-19(24)13-2-1-3-15(8-13)21-20(25)22-16-10-27-17-14(9-26-18(16)17)5-4-12-6-7-28-11-12/h1-8,11,14,16-18H,9-10H2,(H,23,24)(H2,21,22,25)/t14?,16?,17-,18-/m1/s1. The van der Waals surface area contributed by atoms with Gasteiger partial charge in [-0.2, -0.15) is 11.3 Å². The van der Waals surface area contributed by atoms with Gasteiger partial charge >= 0.3 is 12.0 Å². The molecule has 0 aliphatic carbocycles. The number of urea groups is 1. The number of nitrogens with one attached hydrogen (secondary N) is 2. The third kappa shape index (κ3) is 4.09. The lowest BCUT2D eigenvalue weighted by Gasteiger charge is -2.18. The minimum Gasteiger partial charge on any atom is -0.478 e. The molecule has 28 heavy (non-hydrogen) atoms. The van der Waals surface area contributed by atoms with Gasteiger partial charge in [0.2, 0.25) is 0 Å². The van der Waals surface area contributed by atoms with Crippen LogP contribution in [0.5, 0.6) is 0 Å². The minimum atomic E-state index is -1.04. The molecule has 0 spiro atoms. The normalized spacial score (nSPS) is 26.3. The maximum Gasteiger partial charge on any atom is 0.335 e. The number of carbonyl (C=O) groups excluding carboxylic acids is 1. The van der Waals surface area contributed by atoms with Crippen molar-refractivity contribution in [1.29, 1.82) is 0 Å². The van der Waals surface area contributed by atoms with E-state index in [4.69, 9.17) is 14.6 Å². The van der Waals surface area contributed by atoms with Crippen molar-refractivity contribution in [2.45, 2.75) is 18.2 Å². The Kier molecular flexibility index (Phi) is 5.43. The summed E-state index contributed by atoms with van der Waals surface area (Å²) >= 11 is 1.65. The summed E-state index contributed by atoms with van der Waals surface area (Å²) < 4.78 is 11.8. The molecule has 0 bridgehead atoms. The molecular weight excluding hydrogens is 380 g/mol. The Labute approximate surface area is 166 Å². The molecule has 2 aliphatic heterocycles. The molecule has 146 valence electrons. The van der Waals surface area contributed by atoms with Gasteiger partial charge in [-0.25, -0.2) is 9.59 Å². The highest BCUT2D eigenvalue weighted by molar-refractivity contribution is 7.08. The molecule has 1 aromatic heterocycles. The van der Waals surface area contributed by atoms with E-state index in [9.17, 15) is 9.59 Å². The first-order chi connectivity index (χ1) is 13.6. The van der Waals surface area contributed by atoms with Crippen LogP contribution in [0.15, 0.2) is 47.2 Å². The van der Waals surface area contributed by atoms with Crippen molar-refractivity contribution >= 4 is 35.1 Å². The fourth-order valence-corrected chi connectivity index (χ4v) is 4.12. The maximum atomic E-state index is 12.3. The number of hydrogen-bond donors (Lipinski definition) is 3. The largest absolute Gasteiger partial charge is 0.478 e. The number of thiophene rings is 1. The van der Waals surface area contributed by atoms with Gasteiger partial charge in [-0.3, -0.25) is 0 Å². The third-order valence-electron chi connectivity index (χ3n) is 4.85. The van der Waals surface area contributed by atoms with Crippen LogP contribution in [0.1, 0.15) is 15.9 Å². The van der Waals surface area contributed by atoms with Gasteiger partial charge in [-0.05, 0) is 40.6 Å². The lowest BCUT2D eigenvalue weighted by atomic mass is 9.99. The van der Waals surface area contributed by atoms with Gasteiger partial charge in [0.15, 0.2) is 0 Å². The summed E-state index contributed by atoms with van der Waals surface area (Å²) in [5, 5.41) is 18.7. The number of carboxylic acid groups (broad SMARTS) is 1. The fourth-order valence-electron chi connectivity index (χ4n) is 3.49. The monoisotopic (exact) mass is 400 g/mol. The van der Waals surface area contributed by atoms with Crippen LogP contribution in [0.4, 0.5) is 10.5 Å². The molecule has 0 saturated carbocycles. The van der Waals surface area contributed by atoms with E-state index in [1.807, 2.05) is 5.38 Å². The average molecular weight is 400 g/mol. The van der Waals surface area contributed by atoms with Gasteiger partial charge in [0.1, 0.15) is 6.10 Å². The topological polar surface area (TPSA) is 96.9 Å². The van der Waals surface area contributed by atoms with Crippen LogP contribution in [-0.2, 0) is 9.47 Å². The van der Waals surface area contributed by atoms with Crippen molar-refractivity contribution in [2.24, 2.45) is 5.92 Å². The summed E-state index contributed by atoms with van der Waals surface area (Å²) in [7, 11) is 0. The fraction of sp³-hybridized carbons (Fsp3) is 0.300. The number of hydrogen-bond acceptors (Lipinski definition) is 5. The molecule has 4 rings (SSSR count). The molecule has 2 aliphatic rings. The van der Waals surface area contributed by atoms with Gasteiger partial charge in [0.25, 0.3) is 0 Å². The summed E-state index contributed by atoms with van der Waals surface area (Å²) in [6.07, 6.45) is 3.88. The van der Waals surface area contributed by atoms with Crippen LogP contribution in [0, 0.1) is 5.92 Å². The van der Waals surface area contributed by atoms with Crippen LogP contribution in [0.25, 0.3) is 6.08 Å². The average Bonchev–Trinajstić information content (AvgIpc) is 3.40. The Morgan fingerprint density at radius 1 is 1.18 bits per heavy atom. The van der Waals surface area contributed by atoms with Crippen molar-refractivity contribution < 1.29 is 24.2 Å². The Bertz CT molecular complexity index is 882. The molecule has 2 unspecified atom stereocenters. The summed E-state index contributed by atoms with van der Waals surface area (Å²) in [5.74, 6) is -0.899. The van der Waals surface area contributed by atoms with Crippen LogP contribution >= 0.6 is 11.3 Å². The smallest absolute Gasteiger partial charge is 0.335 e. The van der Waals surface area contributed by atoms with E-state index in [2.05, 4.69) is 34.2 Å². The highest BCUT2D eigenvalue weighted by Gasteiger charge is 2.47. The summed E-state index contributed by atoms with van der Waals surface area (Å²) in [6.45, 7) is 0.928. The third-order valence-corrected chi connectivity index (χ3v) is 5.56. The quantitative estimate of drug-likeness (QED) is 0.717. The van der Waals surface area contributed by atoms with E-state index in [-0.39, 0.29) is 29.7 Å². The number of aromatic carboxylic acids is 1. The Morgan fingerprint density at radius 2 is 2.04 bits per heavy atom. The number of ether oxygens (including phenoxy) is 2. The molecule has 2 fully saturated rings. The van der Waals surface area contributed by atoms with Gasteiger partial charge < -0.3 is 25.2 Å². The van der Waals surface area contributed by atoms with Crippen molar-refractivity contribution in [2.75, 3.05) is 18.5 Å². The van der Waals surface area contributed by atoms with Crippen molar-refractivity contribution in [3.8, 4) is 0 Å². The molecule has 2 aromatic rings. The zero-order valence-corrected chi connectivity index (χ0v) is 15.7. The predicted molar refractivity (Wildman–Crippen MR) is 106 cm³/mol. The number of carbonyl (C=O) groups is 2. The molecule has 2 amide bonds. The van der Waals surface area contributed by atoms with Crippen LogP contribution < -0.4 is 10.6 Å². The van der Waals surface area contributed by atoms with Gasteiger partial charge in [0, 0.05) is 11.6 Å². The van der Waals surface area contributed by atoms with Gasteiger partial charge in [0.05, 0.1) is 30.9 Å². The number of anilines is 1. The highest BCUT2D eigenvalue weighted by Crippen LogP contribution is 2.32. The van der Waals surface area contributed by atoms with E-state index in [0.717, 1.165) is 5.56 Å². The molecule has 3 N–H and O–H groups in total. The van der Waals surface area contributed by atoms with Gasteiger partial charge in [-0.15, -0.1) is 0 Å². The van der Waals surface area contributed by atoms with E-state index in [1.165, 1.54) is 12.1 Å². The van der Waals surface area contributed by atoms with Crippen molar-refractivity contribution in [1.82, 2.24) is 5.32 Å². The minimum absolute atomic E-state index is 0.0875. The molecule has 0 radical (unpaired) electrons. The first-order valence-corrected chi connectivity index (χ1v) is 9.89. The summed E-state index contributed by atoms with van der Waals surface area (Å²) in [5.41, 5.74) is 1.68. The zero-order valence-electron chi connectivity index (χ0n) is 14.9. The predicted octanol–water partition coefficient (Wildman–Crippen LogP) is 3.06. The number of benzene rings is 1. The lowest BCUT2D eigenvalue weighted by molar-refractivity contribution is 0.0662. The second kappa shape index (κ2) is 8.14. The first-order valence-electron chi connectivity index (χ1n) is 8.94. The zero-order chi connectivity index (χ0) is 19.5. The molecule has 4 atom stereocenters. The van der Waals surface area contributed by atoms with E-state index in [0.29, 0.717) is 18.9 Å². The molecule has 2 saturated heterocycles. The van der Waals surface area contributed by atoms with Crippen LogP contribution in [0.3, 0.4) is 0 Å². The summed E-state index contributed by atoms with van der Waals surface area (Å²) in [6, 6.07) is 7.47. The van der Waals surface area contributed by atoms with Crippen molar-refractivity contribution in [3.05, 3.63) is 58.3 Å². The number of amides is 2. The first kappa shape index (κ1) is 18.7. The SMILES string of the molecule is O=C(Nc1cccc(C(=O)O)c1)NC1CO[C@@H]2C(C=Cc3ccsc3)CO[C@H]12. The molecular formula is C20H20N2O5S. The maximum absolute atomic E-state index is 12.3. The van der Waals surface area contributed by atoms with Crippen LogP contribution in [0.2, 0.25) is 0 Å². The van der Waals surface area contributed by atoms with E-state index < -0.39 is 12.0 Å². The lowest BCUT2D eigenvalue weighted by Crippen LogP contribution is -2.45. The van der Waals surface area contributed by atoms with E-state index in [1.54, 1.807) is 23.5 Å². The number of rotatable bonds is 5. The number of fused-ring (bicyclic) bond motifs is 1. The van der Waals surface area contributed by atoms with E-state index >= 15 is 0 Å². The van der Waals surface area contributed by atoms with Crippen LogP contribution in [-0.4, -0.2) is 48.6 Å². The Hall–Kier alpha value is -2.68. The number of carboxylic acids is 1. The molecule has 1 aromatic carbocycles. The second-order valence-electron chi connectivity index (χ2n) is 6.77. The Balaban J connectivity index is 1.33. The second-order valence-corrected chi connectivity index (χ2v) is 7.55. The molecule has 3 heterocycles.